The summed E-state index contributed by atoms with van der Waals surface area (Å²) in [6.07, 6.45) is -4.57. The third kappa shape index (κ3) is 17.9. The minimum absolute atomic E-state index is 0.0556. The molecule has 5 aromatic rings. The molecule has 3 aliphatic carbocycles. The molecular formula is C68H79N3O19S4. The summed E-state index contributed by atoms with van der Waals surface area (Å²) in [5.41, 5.74) is -5.89. The van der Waals surface area contributed by atoms with Crippen LogP contribution < -0.4 is 5.32 Å². The number of aliphatic hydroxyl groups excluding tert-OH is 1. The van der Waals surface area contributed by atoms with Gasteiger partial charge in [0.1, 0.15) is 59.1 Å². The predicted octanol–water partition coefficient (Wildman–Crippen LogP) is 8.80. The summed E-state index contributed by atoms with van der Waals surface area (Å²) in [7, 11) is 6.40. The number of ether oxygens (including phenoxy) is 9. The van der Waals surface area contributed by atoms with Crippen LogP contribution in [0.5, 0.6) is 0 Å². The van der Waals surface area contributed by atoms with Crippen LogP contribution in [-0.4, -0.2) is 180 Å². The number of esters is 4. The second-order valence-electron chi connectivity index (χ2n) is 23.4. The van der Waals surface area contributed by atoms with Gasteiger partial charge < -0.3 is 63.3 Å². The average molecular weight is 1370 g/mol. The van der Waals surface area contributed by atoms with Gasteiger partial charge in [0.05, 0.1) is 69.2 Å². The van der Waals surface area contributed by atoms with Crippen LogP contribution in [0.4, 0.5) is 0 Å². The fraction of sp³-hybridized carbons (Fsp3) is 0.456. The number of aromatic nitrogens is 2. The predicted molar refractivity (Wildman–Crippen MR) is 351 cm³/mol. The summed E-state index contributed by atoms with van der Waals surface area (Å²) in [4.78, 5) is 105. The third-order valence-corrected chi connectivity index (χ3v) is 21.6. The molecule has 4 N–H and O–H groups in total. The maximum Gasteiger partial charge on any atom is 0.338 e. The lowest BCUT2D eigenvalue weighted by Gasteiger charge is -2.67. The van der Waals surface area contributed by atoms with Crippen molar-refractivity contribution >= 4 is 84.7 Å². The lowest BCUT2D eigenvalue weighted by molar-refractivity contribution is -0.346. The number of hydrogen-bond donors (Lipinski definition) is 4. The van der Waals surface area contributed by atoms with E-state index in [1.165, 1.54) is 29.9 Å². The molecule has 0 radical (unpaired) electrons. The molecule has 94 heavy (non-hydrogen) atoms. The number of benzene rings is 3. The molecule has 3 fully saturated rings. The fourth-order valence-corrected chi connectivity index (χ4v) is 16.2. The van der Waals surface area contributed by atoms with Crippen LogP contribution in [0.2, 0.25) is 0 Å². The van der Waals surface area contributed by atoms with E-state index in [0.29, 0.717) is 48.9 Å². The van der Waals surface area contributed by atoms with Gasteiger partial charge in [-0.15, -0.1) is 0 Å². The van der Waals surface area contributed by atoms with E-state index in [4.69, 9.17) is 47.7 Å². The highest BCUT2D eigenvalue weighted by Gasteiger charge is 2.78. The van der Waals surface area contributed by atoms with Crippen LogP contribution in [0.15, 0.2) is 161 Å². The molecule has 504 valence electrons. The van der Waals surface area contributed by atoms with E-state index in [9.17, 15) is 39.0 Å². The Balaban J connectivity index is 0.000000544. The van der Waals surface area contributed by atoms with Crippen molar-refractivity contribution in [2.45, 2.75) is 112 Å². The number of nitrogens with one attached hydrogen (secondary N) is 1. The van der Waals surface area contributed by atoms with E-state index >= 15 is 4.79 Å². The number of fused-ring (bicyclic) bond motifs is 5. The Morgan fingerprint density at radius 3 is 1.78 bits per heavy atom. The zero-order valence-corrected chi connectivity index (χ0v) is 56.3. The summed E-state index contributed by atoms with van der Waals surface area (Å²) in [6, 6.07) is 34.8. The molecule has 3 unspecified atom stereocenters. The number of carbonyl (C=O) groups is 7. The highest BCUT2D eigenvalue weighted by Crippen LogP contribution is 2.65. The van der Waals surface area contributed by atoms with Gasteiger partial charge >= 0.3 is 29.8 Å². The van der Waals surface area contributed by atoms with Crippen molar-refractivity contribution < 1.29 is 91.5 Å². The molecule has 1 saturated heterocycles. The number of carboxylic acid groups (broad SMARTS) is 1. The first kappa shape index (κ1) is 73.1. The first-order valence-electron chi connectivity index (χ1n) is 30.6. The zero-order chi connectivity index (χ0) is 67.5. The van der Waals surface area contributed by atoms with E-state index in [0.717, 1.165) is 15.8 Å². The Kier molecular flexibility index (Phi) is 26.7. The standard InChI is InChI=1S/C57H64N2O15S2.C11H15NO4S2/c1-34-40(71-53(66)47(62)46(37-18-10-7-11-19-37)59-51(64)38-20-12-8-13-21-38)31-57(67)50(73-52(65)39-22-14-9-15-23-39)48-55(6,49(63)35(2)45(34)54(57,4)5)41(30-42-56(48,33-70-42)74-36(3)60)72-44(61)32-69-27-26-68-28-29-75-76-43-24-16-17-25-58-43;13-11(14)9-16-6-5-15-7-8-17-18-10-3-1-2-4-12-10/h7-25,35,40-42,46-48,50,62,67H,26-33H2,1-6H3,(H,59,64);1-4H,5-9H2,(H,13,14)/t35-,40?,41+,42?,46?,47-,48+,50+,55-,56+,57-;/m1./s1. The van der Waals surface area contributed by atoms with Crippen LogP contribution in [0.25, 0.3) is 0 Å². The molecule has 3 heterocycles. The van der Waals surface area contributed by atoms with Gasteiger partial charge in [0, 0.05) is 60.6 Å². The number of aliphatic hydroxyl groups is 2. The van der Waals surface area contributed by atoms with Crippen molar-refractivity contribution in [1.82, 2.24) is 15.3 Å². The largest absolute Gasteiger partial charge is 0.480 e. The number of nitrogens with zero attached hydrogens (tertiary/aromatic N) is 2. The summed E-state index contributed by atoms with van der Waals surface area (Å²) in [6.45, 7) is 10.4. The highest BCUT2D eigenvalue weighted by atomic mass is 33.1. The number of ketones is 1. The Morgan fingerprint density at radius 2 is 1.24 bits per heavy atom. The third-order valence-electron chi connectivity index (χ3n) is 17.1. The summed E-state index contributed by atoms with van der Waals surface area (Å²) in [5, 5.41) is 38.9. The molecule has 26 heteroatoms. The SMILES string of the molecule is CC(=O)O[C@@]12COC1C[C@H](OC(=O)COCCOCCSSc1ccccn1)[C@@]1(C)C(=O)[C@H](C)C3=C(C)C(OC(=O)[C@H](O)C(NC(=O)c4ccccc4)c4ccccc4)C[C@@](O)([C@@H](OC(=O)c4ccccc4)[C@@H]12)C3(C)C.O=C(O)COCCOCCSSc1ccccn1. The van der Waals surface area contributed by atoms with Crippen molar-refractivity contribution in [3.63, 3.8) is 0 Å². The van der Waals surface area contributed by atoms with E-state index in [1.54, 1.807) is 158 Å². The molecule has 2 bridgehead atoms. The monoisotopic (exact) mass is 1370 g/mol. The second-order valence-corrected chi connectivity index (χ2v) is 28.3. The van der Waals surface area contributed by atoms with E-state index in [1.807, 2.05) is 36.4 Å². The van der Waals surface area contributed by atoms with Gasteiger partial charge in [-0.2, -0.15) is 0 Å². The molecular weight excluding hydrogens is 1290 g/mol. The van der Waals surface area contributed by atoms with Gasteiger partial charge in [-0.05, 0) is 101 Å². The molecule has 9 rings (SSSR count). The number of hydrogen-bond acceptors (Lipinski definition) is 24. The summed E-state index contributed by atoms with van der Waals surface area (Å²) in [5.74, 6) is -6.72. The van der Waals surface area contributed by atoms with Crippen LogP contribution in [0, 0.1) is 22.7 Å². The van der Waals surface area contributed by atoms with Crippen molar-refractivity contribution in [2.24, 2.45) is 22.7 Å². The number of pyridine rings is 2. The highest BCUT2D eigenvalue weighted by molar-refractivity contribution is 8.77. The van der Waals surface area contributed by atoms with Crippen LogP contribution in [0.3, 0.4) is 0 Å². The molecule has 2 saturated carbocycles. The maximum absolute atomic E-state index is 16.0. The molecule has 1 amide bonds. The van der Waals surface area contributed by atoms with Crippen LogP contribution >= 0.6 is 43.2 Å². The second kappa shape index (κ2) is 34.3. The topological polar surface area (TPSA) is 301 Å². The number of aliphatic carboxylic acids is 1. The Hall–Kier alpha value is -6.69. The number of rotatable bonds is 30. The molecule has 0 spiro atoms. The average Bonchev–Trinajstić information content (AvgIpc) is 0.670. The molecule has 2 aromatic heterocycles. The first-order chi connectivity index (χ1) is 45.1. The molecule has 1 aliphatic heterocycles. The minimum atomic E-state index is -2.29. The first-order valence-corrected chi connectivity index (χ1v) is 35.2. The number of carboxylic acids is 1. The van der Waals surface area contributed by atoms with Crippen LogP contribution in [-0.2, 0) is 66.6 Å². The van der Waals surface area contributed by atoms with E-state index < -0.39 is 125 Å². The van der Waals surface area contributed by atoms with Crippen molar-refractivity contribution in [3.05, 3.63) is 168 Å². The van der Waals surface area contributed by atoms with Gasteiger partial charge in [-0.3, -0.25) is 14.4 Å². The maximum atomic E-state index is 16.0. The van der Waals surface area contributed by atoms with E-state index in [2.05, 4.69) is 15.3 Å². The van der Waals surface area contributed by atoms with Crippen LogP contribution in [0.1, 0.15) is 86.7 Å². The number of carbonyl (C=O) groups excluding carboxylic acids is 6. The van der Waals surface area contributed by atoms with Crippen molar-refractivity contribution in [3.8, 4) is 0 Å². The smallest absolute Gasteiger partial charge is 0.338 e. The van der Waals surface area contributed by atoms with Gasteiger partial charge in [-0.1, -0.05) is 121 Å². The lowest BCUT2D eigenvalue weighted by Crippen LogP contribution is -2.81. The molecule has 3 aromatic carbocycles. The lowest BCUT2D eigenvalue weighted by atomic mass is 9.43. The molecule has 4 aliphatic rings. The van der Waals surface area contributed by atoms with Crippen molar-refractivity contribution in [1.29, 1.82) is 0 Å². The fourth-order valence-electron chi connectivity index (χ4n) is 12.7. The summed E-state index contributed by atoms with van der Waals surface area (Å²) < 4.78 is 53.0. The van der Waals surface area contributed by atoms with E-state index in [-0.39, 0.29) is 44.0 Å². The quantitative estimate of drug-likeness (QED) is 0.0110. The number of amides is 1. The summed E-state index contributed by atoms with van der Waals surface area (Å²) >= 11 is 0. The van der Waals surface area contributed by atoms with Gasteiger partial charge in [0.25, 0.3) is 5.91 Å². The zero-order valence-electron chi connectivity index (χ0n) is 53.0. The molecule has 11 atom stereocenters. The van der Waals surface area contributed by atoms with Gasteiger partial charge in [0.2, 0.25) is 0 Å². The van der Waals surface area contributed by atoms with Crippen molar-refractivity contribution in [2.75, 3.05) is 71.0 Å². The van der Waals surface area contributed by atoms with Gasteiger partial charge in [0.15, 0.2) is 11.7 Å². The number of Topliss-reactive ketones (excluding diaryl/α,β-unsaturated/α-hetero) is 1. The Bertz CT molecular complexity index is 3380. The Morgan fingerprint density at radius 1 is 0.702 bits per heavy atom. The minimum Gasteiger partial charge on any atom is -0.480 e. The normalized spacial score (nSPS) is 24.7. The molecule has 22 nitrogen and oxygen atoms in total. The Labute approximate surface area is 561 Å². The van der Waals surface area contributed by atoms with Gasteiger partial charge in [-0.25, -0.2) is 29.1 Å².